The van der Waals surface area contributed by atoms with Crippen molar-refractivity contribution >= 4 is 15.6 Å². The lowest BCUT2D eigenvalue weighted by Crippen LogP contribution is -1.66. The molecule has 0 saturated carbocycles. The van der Waals surface area contributed by atoms with Crippen LogP contribution in [0.15, 0.2) is 0 Å². The number of hydrogen-bond acceptors (Lipinski definition) is 2. The summed E-state index contributed by atoms with van der Waals surface area (Å²) in [5.41, 5.74) is 0. The standard InChI is InChI=1S/C3H8.CH4.2H3O4P/c1-3-2;;2*1-5(2,3)4/h3H2,1-2H3;1H4;2*(H3,1,2,3,4). The third-order valence-electron chi connectivity index (χ3n) is 0. The highest BCUT2D eigenvalue weighted by Gasteiger charge is 2.00. The fourth-order valence-electron chi connectivity index (χ4n) is 0. The molecule has 0 aromatic rings. The molecule has 0 heterocycles. The van der Waals surface area contributed by atoms with Gasteiger partial charge in [-0.1, -0.05) is 27.7 Å². The van der Waals surface area contributed by atoms with E-state index >= 15 is 0 Å². The zero-order chi connectivity index (χ0) is 11.7. The second-order valence-corrected chi connectivity index (χ2v) is 3.79. The molecule has 0 aliphatic carbocycles. The Hall–Kier alpha value is 0.220. The normalized spacial score (nSPS) is 9.71. The fraction of sp³-hybridized carbons (Fsp3) is 1.00. The molecule has 0 aliphatic rings. The van der Waals surface area contributed by atoms with Crippen molar-refractivity contribution in [2.45, 2.75) is 27.7 Å². The summed E-state index contributed by atoms with van der Waals surface area (Å²) in [5, 5.41) is 0. The second-order valence-electron chi connectivity index (χ2n) is 1.73. The summed E-state index contributed by atoms with van der Waals surface area (Å²) in [4.78, 5) is 43.1. The summed E-state index contributed by atoms with van der Waals surface area (Å²) < 4.78 is 17.8. The highest BCUT2D eigenvalue weighted by Crippen LogP contribution is 2.26. The highest BCUT2D eigenvalue weighted by molar-refractivity contribution is 7.45. The molecular formula is C4H18O8P2. The zero-order valence-corrected chi connectivity index (χ0v) is 8.89. The van der Waals surface area contributed by atoms with Crippen LogP contribution >= 0.6 is 15.6 Å². The van der Waals surface area contributed by atoms with E-state index in [9.17, 15) is 0 Å². The molecule has 0 spiro atoms. The summed E-state index contributed by atoms with van der Waals surface area (Å²) in [5.74, 6) is 0. The minimum Gasteiger partial charge on any atom is -0.303 e. The summed E-state index contributed by atoms with van der Waals surface area (Å²) >= 11 is 0. The molecular weight excluding hydrogens is 238 g/mol. The number of phosphoric acid groups is 2. The van der Waals surface area contributed by atoms with Crippen molar-refractivity contribution in [3.05, 3.63) is 0 Å². The van der Waals surface area contributed by atoms with Crippen molar-refractivity contribution in [3.63, 3.8) is 0 Å². The average Bonchev–Trinajstić information content (AvgIpc) is 1.52. The summed E-state index contributed by atoms with van der Waals surface area (Å²) in [6, 6.07) is 0. The van der Waals surface area contributed by atoms with Crippen LogP contribution in [-0.4, -0.2) is 29.4 Å². The minimum atomic E-state index is -4.64. The van der Waals surface area contributed by atoms with Gasteiger partial charge in [0, 0.05) is 0 Å². The van der Waals surface area contributed by atoms with Gasteiger partial charge < -0.3 is 29.4 Å². The smallest absolute Gasteiger partial charge is 0.303 e. The van der Waals surface area contributed by atoms with Crippen LogP contribution in [0, 0.1) is 0 Å². The molecule has 0 amide bonds. The first-order valence-corrected chi connectivity index (χ1v) is 6.11. The van der Waals surface area contributed by atoms with Crippen LogP contribution in [0.25, 0.3) is 0 Å². The second kappa shape index (κ2) is 11.3. The Bertz CT molecular complexity index is 143. The van der Waals surface area contributed by atoms with E-state index < -0.39 is 15.6 Å². The van der Waals surface area contributed by atoms with Crippen LogP contribution in [0.5, 0.6) is 0 Å². The van der Waals surface area contributed by atoms with Gasteiger partial charge >= 0.3 is 15.6 Å². The Morgan fingerprint density at radius 3 is 0.786 bits per heavy atom. The largest absolute Gasteiger partial charge is 0.466 e. The molecule has 0 unspecified atom stereocenters. The van der Waals surface area contributed by atoms with Crippen molar-refractivity contribution in [3.8, 4) is 0 Å². The van der Waals surface area contributed by atoms with Gasteiger partial charge in [0.15, 0.2) is 0 Å². The highest BCUT2D eigenvalue weighted by atomic mass is 31.2. The van der Waals surface area contributed by atoms with Gasteiger partial charge in [0.25, 0.3) is 0 Å². The van der Waals surface area contributed by atoms with Crippen LogP contribution in [0.1, 0.15) is 27.7 Å². The van der Waals surface area contributed by atoms with E-state index in [-0.39, 0.29) is 7.43 Å². The Balaban J connectivity index is -0.0000000535. The summed E-state index contributed by atoms with van der Waals surface area (Å²) in [6.45, 7) is 4.25. The van der Waals surface area contributed by atoms with Crippen LogP contribution in [0.2, 0.25) is 0 Å². The third-order valence-corrected chi connectivity index (χ3v) is 0. The Morgan fingerprint density at radius 1 is 0.786 bits per heavy atom. The molecule has 0 bridgehead atoms. The number of hydrogen-bond donors (Lipinski definition) is 6. The van der Waals surface area contributed by atoms with Crippen LogP contribution in [-0.2, 0) is 9.13 Å². The average molecular weight is 256 g/mol. The molecule has 0 atom stereocenters. The lowest BCUT2D eigenvalue weighted by Gasteiger charge is -1.82. The fourth-order valence-corrected chi connectivity index (χ4v) is 0. The van der Waals surface area contributed by atoms with Gasteiger partial charge in [-0.05, 0) is 0 Å². The molecule has 6 N–H and O–H groups in total. The van der Waals surface area contributed by atoms with Crippen LogP contribution in [0.4, 0.5) is 0 Å². The SMILES string of the molecule is C.CCC.O=P(O)(O)O.O=P(O)(O)O. The molecule has 10 heteroatoms. The Morgan fingerprint density at radius 2 is 0.786 bits per heavy atom. The maximum absolute atomic E-state index is 8.88. The van der Waals surface area contributed by atoms with E-state index in [1.54, 1.807) is 0 Å². The van der Waals surface area contributed by atoms with Crippen molar-refractivity contribution in [1.82, 2.24) is 0 Å². The Labute approximate surface area is 82.7 Å². The molecule has 0 rings (SSSR count). The molecule has 0 saturated heterocycles. The maximum Gasteiger partial charge on any atom is 0.466 e. The predicted molar refractivity (Wildman–Crippen MR) is 51.2 cm³/mol. The maximum atomic E-state index is 8.88. The monoisotopic (exact) mass is 256 g/mol. The van der Waals surface area contributed by atoms with Gasteiger partial charge in [-0.3, -0.25) is 0 Å². The minimum absolute atomic E-state index is 0. The number of rotatable bonds is 0. The van der Waals surface area contributed by atoms with Crippen molar-refractivity contribution in [1.29, 1.82) is 0 Å². The zero-order valence-electron chi connectivity index (χ0n) is 7.10. The van der Waals surface area contributed by atoms with Crippen LogP contribution < -0.4 is 0 Å². The molecule has 14 heavy (non-hydrogen) atoms. The first kappa shape index (κ1) is 23.8. The van der Waals surface area contributed by atoms with Gasteiger partial charge in [-0.15, -0.1) is 0 Å². The molecule has 8 nitrogen and oxygen atoms in total. The topological polar surface area (TPSA) is 156 Å². The van der Waals surface area contributed by atoms with E-state index in [1.165, 1.54) is 6.42 Å². The van der Waals surface area contributed by atoms with Crippen molar-refractivity contribution in [2.75, 3.05) is 0 Å². The quantitative estimate of drug-likeness (QED) is 0.335. The van der Waals surface area contributed by atoms with E-state index in [2.05, 4.69) is 13.8 Å². The first-order valence-electron chi connectivity index (χ1n) is 2.98. The lowest BCUT2D eigenvalue weighted by atomic mass is 10.6. The third kappa shape index (κ3) is 31800. The van der Waals surface area contributed by atoms with Gasteiger partial charge in [-0.25, -0.2) is 9.13 Å². The summed E-state index contributed by atoms with van der Waals surface area (Å²) in [7, 11) is -9.28. The molecule has 92 valence electrons. The van der Waals surface area contributed by atoms with Crippen molar-refractivity contribution in [2.24, 2.45) is 0 Å². The van der Waals surface area contributed by atoms with E-state index in [0.717, 1.165) is 0 Å². The van der Waals surface area contributed by atoms with E-state index in [0.29, 0.717) is 0 Å². The molecule has 0 aromatic heterocycles. The lowest BCUT2D eigenvalue weighted by molar-refractivity contribution is 0.272. The Kier molecular flexibility index (Phi) is 19.2. The van der Waals surface area contributed by atoms with Gasteiger partial charge in [0.05, 0.1) is 0 Å². The molecule has 0 radical (unpaired) electrons. The molecule has 0 aliphatic heterocycles. The van der Waals surface area contributed by atoms with Crippen molar-refractivity contribution < 1.29 is 38.5 Å². The first-order chi connectivity index (χ1) is 5.41. The van der Waals surface area contributed by atoms with Gasteiger partial charge in [-0.2, -0.15) is 0 Å². The van der Waals surface area contributed by atoms with E-state index in [4.69, 9.17) is 38.5 Å². The van der Waals surface area contributed by atoms with Crippen LogP contribution in [0.3, 0.4) is 0 Å². The molecule has 0 fully saturated rings. The summed E-state index contributed by atoms with van der Waals surface area (Å²) in [6.07, 6.45) is 1.25. The van der Waals surface area contributed by atoms with Gasteiger partial charge in [0.1, 0.15) is 0 Å². The molecule has 0 aromatic carbocycles. The van der Waals surface area contributed by atoms with E-state index in [1.807, 2.05) is 0 Å². The predicted octanol–water partition coefficient (Wildman–Crippen LogP) is 0.195. The van der Waals surface area contributed by atoms with Gasteiger partial charge in [0.2, 0.25) is 0 Å².